The van der Waals surface area contributed by atoms with Crippen molar-refractivity contribution in [1.82, 2.24) is 0 Å². The van der Waals surface area contributed by atoms with Crippen LogP contribution in [0.5, 0.6) is 11.5 Å². The van der Waals surface area contributed by atoms with Gasteiger partial charge in [-0.25, -0.2) is 4.39 Å². The van der Waals surface area contributed by atoms with Crippen molar-refractivity contribution in [3.05, 3.63) is 53.3 Å². The molecule has 2 N–H and O–H groups in total. The summed E-state index contributed by atoms with van der Waals surface area (Å²) >= 11 is 5.56. The molecular formula is C12H9ClFNO. The molecule has 0 saturated heterocycles. The number of benzene rings is 2. The molecule has 2 aromatic rings. The van der Waals surface area contributed by atoms with Crippen LogP contribution in [0.15, 0.2) is 42.5 Å². The van der Waals surface area contributed by atoms with E-state index >= 15 is 0 Å². The van der Waals surface area contributed by atoms with E-state index in [1.165, 1.54) is 12.1 Å². The number of anilines is 1. The Morgan fingerprint density at radius 2 is 1.62 bits per heavy atom. The number of halogens is 2. The minimum atomic E-state index is -0.505. The summed E-state index contributed by atoms with van der Waals surface area (Å²) in [4.78, 5) is 0. The first-order valence-corrected chi connectivity index (χ1v) is 5.01. The molecule has 0 heterocycles. The van der Waals surface area contributed by atoms with Crippen LogP contribution >= 0.6 is 11.6 Å². The monoisotopic (exact) mass is 237 g/mol. The van der Waals surface area contributed by atoms with Gasteiger partial charge in [-0.05, 0) is 36.4 Å². The fourth-order valence-corrected chi connectivity index (χ4v) is 1.33. The Labute approximate surface area is 97.4 Å². The van der Waals surface area contributed by atoms with Gasteiger partial charge in [0.15, 0.2) is 0 Å². The third-order valence-electron chi connectivity index (χ3n) is 2.01. The standard InChI is InChI=1S/C12H9ClFNO/c13-11-6-5-10(7-12(11)14)16-9-3-1-8(15)2-4-9/h1-7H,15H2. The quantitative estimate of drug-likeness (QED) is 0.805. The molecule has 0 bridgehead atoms. The molecule has 0 atom stereocenters. The average molecular weight is 238 g/mol. The van der Waals surface area contributed by atoms with E-state index in [2.05, 4.69) is 0 Å². The van der Waals surface area contributed by atoms with Gasteiger partial charge in [-0.3, -0.25) is 0 Å². The summed E-state index contributed by atoms with van der Waals surface area (Å²) in [5.74, 6) is 0.484. The van der Waals surface area contributed by atoms with E-state index < -0.39 is 5.82 Å². The van der Waals surface area contributed by atoms with E-state index in [1.807, 2.05) is 0 Å². The summed E-state index contributed by atoms with van der Waals surface area (Å²) < 4.78 is 18.5. The maximum absolute atomic E-state index is 13.1. The van der Waals surface area contributed by atoms with E-state index in [-0.39, 0.29) is 5.02 Å². The smallest absolute Gasteiger partial charge is 0.145 e. The molecule has 0 unspecified atom stereocenters. The van der Waals surface area contributed by atoms with E-state index in [4.69, 9.17) is 22.1 Å². The molecule has 2 nitrogen and oxygen atoms in total. The lowest BCUT2D eigenvalue weighted by Gasteiger charge is -2.06. The molecule has 2 rings (SSSR count). The number of hydrogen-bond acceptors (Lipinski definition) is 2. The summed E-state index contributed by atoms with van der Waals surface area (Å²) in [5, 5.41) is 0.0738. The molecule has 0 saturated carbocycles. The van der Waals surface area contributed by atoms with Crippen molar-refractivity contribution in [2.24, 2.45) is 0 Å². The minimum Gasteiger partial charge on any atom is -0.457 e. The fourth-order valence-electron chi connectivity index (χ4n) is 1.21. The second-order valence-electron chi connectivity index (χ2n) is 3.25. The molecule has 0 fully saturated rings. The van der Waals surface area contributed by atoms with Crippen LogP contribution in [0.4, 0.5) is 10.1 Å². The van der Waals surface area contributed by atoms with Crippen molar-refractivity contribution in [2.45, 2.75) is 0 Å². The molecule has 82 valence electrons. The zero-order valence-corrected chi connectivity index (χ0v) is 9.04. The summed E-state index contributed by atoms with van der Waals surface area (Å²) in [6, 6.07) is 11.1. The number of ether oxygens (including phenoxy) is 1. The van der Waals surface area contributed by atoms with Crippen molar-refractivity contribution in [3.8, 4) is 11.5 Å². The topological polar surface area (TPSA) is 35.2 Å². The van der Waals surface area contributed by atoms with Crippen molar-refractivity contribution in [3.63, 3.8) is 0 Å². The van der Waals surface area contributed by atoms with Gasteiger partial charge >= 0.3 is 0 Å². The van der Waals surface area contributed by atoms with Crippen LogP contribution in [0.3, 0.4) is 0 Å². The Kier molecular flexibility index (Phi) is 2.97. The van der Waals surface area contributed by atoms with Crippen LogP contribution in [0, 0.1) is 5.82 Å². The lowest BCUT2D eigenvalue weighted by molar-refractivity contribution is 0.477. The van der Waals surface area contributed by atoms with Crippen LogP contribution in [-0.2, 0) is 0 Å². The van der Waals surface area contributed by atoms with Gasteiger partial charge in [0.05, 0.1) is 5.02 Å². The lowest BCUT2D eigenvalue weighted by Crippen LogP contribution is -1.87. The maximum Gasteiger partial charge on any atom is 0.145 e. The van der Waals surface area contributed by atoms with Crippen molar-refractivity contribution in [2.75, 3.05) is 5.73 Å². The normalized spacial score (nSPS) is 10.1. The Morgan fingerprint density at radius 1 is 1.00 bits per heavy atom. The Balaban J connectivity index is 2.20. The summed E-state index contributed by atoms with van der Waals surface area (Å²) in [6.07, 6.45) is 0. The zero-order chi connectivity index (χ0) is 11.5. The van der Waals surface area contributed by atoms with Gasteiger partial charge < -0.3 is 10.5 Å². The second kappa shape index (κ2) is 4.41. The highest BCUT2D eigenvalue weighted by Gasteiger charge is 2.02. The van der Waals surface area contributed by atoms with Gasteiger partial charge in [0.2, 0.25) is 0 Å². The van der Waals surface area contributed by atoms with Crippen molar-refractivity contribution >= 4 is 17.3 Å². The molecular weight excluding hydrogens is 229 g/mol. The molecule has 4 heteroatoms. The summed E-state index contributed by atoms with van der Waals surface area (Å²) in [7, 11) is 0. The highest BCUT2D eigenvalue weighted by atomic mass is 35.5. The molecule has 0 aliphatic rings. The van der Waals surface area contributed by atoms with Gasteiger partial charge in [-0.2, -0.15) is 0 Å². The summed E-state index contributed by atoms with van der Waals surface area (Å²) in [6.45, 7) is 0. The molecule has 0 aliphatic carbocycles. The van der Waals surface area contributed by atoms with Gasteiger partial charge in [0, 0.05) is 11.8 Å². The number of nitrogen functional groups attached to an aromatic ring is 1. The van der Waals surface area contributed by atoms with Gasteiger partial charge in [0.1, 0.15) is 17.3 Å². The molecule has 0 radical (unpaired) electrons. The lowest BCUT2D eigenvalue weighted by atomic mass is 10.3. The molecule has 0 spiro atoms. The largest absolute Gasteiger partial charge is 0.457 e. The first-order valence-electron chi connectivity index (χ1n) is 4.63. The molecule has 2 aromatic carbocycles. The van der Waals surface area contributed by atoms with Gasteiger partial charge in [-0.1, -0.05) is 11.6 Å². The third-order valence-corrected chi connectivity index (χ3v) is 2.31. The molecule has 0 aromatic heterocycles. The number of rotatable bonds is 2. The predicted octanol–water partition coefficient (Wildman–Crippen LogP) is 3.85. The van der Waals surface area contributed by atoms with Gasteiger partial charge in [0.25, 0.3) is 0 Å². The third kappa shape index (κ3) is 2.44. The van der Waals surface area contributed by atoms with Crippen LogP contribution in [0.1, 0.15) is 0 Å². The molecule has 0 amide bonds. The summed E-state index contributed by atoms with van der Waals surface area (Å²) in [5.41, 5.74) is 6.18. The van der Waals surface area contributed by atoms with Gasteiger partial charge in [-0.15, -0.1) is 0 Å². The zero-order valence-electron chi connectivity index (χ0n) is 8.28. The van der Waals surface area contributed by atoms with E-state index in [0.29, 0.717) is 17.2 Å². The minimum absolute atomic E-state index is 0.0738. The number of hydrogen-bond donors (Lipinski definition) is 1. The van der Waals surface area contributed by atoms with Crippen LogP contribution < -0.4 is 10.5 Å². The first-order chi connectivity index (χ1) is 7.65. The Morgan fingerprint density at radius 3 is 2.25 bits per heavy atom. The van der Waals surface area contributed by atoms with Crippen LogP contribution in [-0.4, -0.2) is 0 Å². The average Bonchev–Trinajstić information content (AvgIpc) is 2.27. The Bertz CT molecular complexity index is 499. The maximum atomic E-state index is 13.1. The Hall–Kier alpha value is -1.74. The van der Waals surface area contributed by atoms with Crippen molar-refractivity contribution in [1.29, 1.82) is 0 Å². The number of nitrogens with two attached hydrogens (primary N) is 1. The van der Waals surface area contributed by atoms with E-state index in [9.17, 15) is 4.39 Å². The predicted molar refractivity (Wildman–Crippen MR) is 62.3 cm³/mol. The van der Waals surface area contributed by atoms with E-state index in [1.54, 1.807) is 30.3 Å². The highest BCUT2D eigenvalue weighted by molar-refractivity contribution is 6.30. The molecule has 0 aliphatic heterocycles. The fraction of sp³-hybridized carbons (Fsp3) is 0. The second-order valence-corrected chi connectivity index (χ2v) is 3.65. The SMILES string of the molecule is Nc1ccc(Oc2ccc(Cl)c(F)c2)cc1. The first kappa shape index (κ1) is 10.8. The molecule has 16 heavy (non-hydrogen) atoms. The highest BCUT2D eigenvalue weighted by Crippen LogP contribution is 2.25. The van der Waals surface area contributed by atoms with Crippen molar-refractivity contribution < 1.29 is 9.13 Å². The van der Waals surface area contributed by atoms with E-state index in [0.717, 1.165) is 0 Å². The van der Waals surface area contributed by atoms with Crippen LogP contribution in [0.25, 0.3) is 0 Å². The van der Waals surface area contributed by atoms with Crippen LogP contribution in [0.2, 0.25) is 5.02 Å².